The smallest absolute Gasteiger partial charge is 0.344 e. The zero-order valence-electron chi connectivity index (χ0n) is 16.3. The van der Waals surface area contributed by atoms with Gasteiger partial charge in [-0.15, -0.1) is 0 Å². The predicted molar refractivity (Wildman–Crippen MR) is 115 cm³/mol. The number of ether oxygens (including phenoxy) is 3. The summed E-state index contributed by atoms with van der Waals surface area (Å²) in [4.78, 5) is 17.5. The molecule has 0 aliphatic carbocycles. The van der Waals surface area contributed by atoms with Gasteiger partial charge in [0.05, 0.1) is 31.4 Å². The Morgan fingerprint density at radius 1 is 1.10 bits per heavy atom. The Bertz CT molecular complexity index is 996. The molecular formula is C22H21NO5S. The third kappa shape index (κ3) is 4.46. The Morgan fingerprint density at radius 2 is 1.86 bits per heavy atom. The number of aliphatic hydroxyl groups is 1. The second-order valence-electron chi connectivity index (χ2n) is 5.89. The lowest BCUT2D eigenvalue weighted by molar-refractivity contribution is -0.138. The lowest BCUT2D eigenvalue weighted by atomic mass is 10.1. The molecule has 2 aromatic rings. The summed E-state index contributed by atoms with van der Waals surface area (Å²) in [7, 11) is 3.10. The molecule has 0 atom stereocenters. The number of thioether (sulfide) groups is 1. The number of nitrogens with zero attached hydrogens (tertiary/aromatic N) is 1. The number of hydrogen-bond acceptors (Lipinski definition) is 7. The van der Waals surface area contributed by atoms with Crippen molar-refractivity contribution in [1.82, 2.24) is 0 Å². The maximum atomic E-state index is 12.5. The van der Waals surface area contributed by atoms with Gasteiger partial charge in [-0.3, -0.25) is 0 Å². The van der Waals surface area contributed by atoms with Crippen LogP contribution < -0.4 is 9.47 Å². The summed E-state index contributed by atoms with van der Waals surface area (Å²) in [6, 6.07) is 14.7. The van der Waals surface area contributed by atoms with Gasteiger partial charge in [-0.2, -0.15) is 0 Å². The Hall–Kier alpha value is -3.19. The first-order valence-electron chi connectivity index (χ1n) is 8.94. The van der Waals surface area contributed by atoms with Gasteiger partial charge in [0.15, 0.2) is 11.5 Å². The number of aliphatic hydroxyl groups excluding tert-OH is 1. The molecule has 6 nitrogen and oxygen atoms in total. The summed E-state index contributed by atoms with van der Waals surface area (Å²) in [6.07, 6.45) is 1.73. The van der Waals surface area contributed by atoms with Gasteiger partial charge in [-0.05, 0) is 31.2 Å². The van der Waals surface area contributed by atoms with Gasteiger partial charge >= 0.3 is 5.97 Å². The molecule has 0 bridgehead atoms. The number of aliphatic imine (C=N–C) groups is 1. The van der Waals surface area contributed by atoms with Gasteiger partial charge in [0.1, 0.15) is 16.4 Å². The van der Waals surface area contributed by atoms with E-state index in [9.17, 15) is 9.90 Å². The molecule has 0 saturated carbocycles. The normalized spacial score (nSPS) is 16.4. The minimum absolute atomic E-state index is 0.0498. The molecule has 29 heavy (non-hydrogen) atoms. The van der Waals surface area contributed by atoms with Gasteiger partial charge in [0, 0.05) is 5.56 Å². The third-order valence-electron chi connectivity index (χ3n) is 4.08. The van der Waals surface area contributed by atoms with Crippen molar-refractivity contribution in [2.75, 3.05) is 20.8 Å². The Morgan fingerprint density at radius 3 is 2.52 bits per heavy atom. The molecule has 150 valence electrons. The van der Waals surface area contributed by atoms with Crippen molar-refractivity contribution in [2.24, 2.45) is 4.99 Å². The van der Waals surface area contributed by atoms with E-state index in [1.807, 2.05) is 42.5 Å². The highest BCUT2D eigenvalue weighted by Gasteiger charge is 2.33. The highest BCUT2D eigenvalue weighted by Crippen LogP contribution is 2.42. The number of carbonyl (C=O) groups excluding carboxylic acids is 1. The first kappa shape index (κ1) is 20.5. The summed E-state index contributed by atoms with van der Waals surface area (Å²) in [5.74, 6) is 0.306. The van der Waals surface area contributed by atoms with E-state index in [0.29, 0.717) is 32.7 Å². The van der Waals surface area contributed by atoms with E-state index in [1.54, 1.807) is 33.3 Å². The molecule has 1 N–H and O–H groups in total. The molecule has 2 aromatic carbocycles. The van der Waals surface area contributed by atoms with Crippen LogP contribution in [0.15, 0.2) is 69.8 Å². The molecule has 3 rings (SSSR count). The van der Waals surface area contributed by atoms with E-state index in [1.165, 1.54) is 11.8 Å². The second kappa shape index (κ2) is 9.34. The maximum absolute atomic E-state index is 12.5. The van der Waals surface area contributed by atoms with E-state index >= 15 is 0 Å². The van der Waals surface area contributed by atoms with Gasteiger partial charge < -0.3 is 19.3 Å². The molecule has 0 radical (unpaired) electrons. The van der Waals surface area contributed by atoms with Crippen molar-refractivity contribution >= 4 is 34.5 Å². The zero-order valence-corrected chi connectivity index (χ0v) is 17.2. The van der Waals surface area contributed by atoms with E-state index in [-0.39, 0.29) is 17.9 Å². The van der Waals surface area contributed by atoms with Crippen molar-refractivity contribution in [2.45, 2.75) is 6.92 Å². The molecule has 0 amide bonds. The van der Waals surface area contributed by atoms with Crippen LogP contribution in [0.5, 0.6) is 11.5 Å². The van der Waals surface area contributed by atoms with Crippen LogP contribution in [-0.4, -0.2) is 36.9 Å². The monoisotopic (exact) mass is 411 g/mol. The van der Waals surface area contributed by atoms with Crippen molar-refractivity contribution in [3.05, 3.63) is 70.3 Å². The lowest BCUT2D eigenvalue weighted by Crippen LogP contribution is -2.12. The van der Waals surface area contributed by atoms with E-state index in [4.69, 9.17) is 14.2 Å². The Kier molecular flexibility index (Phi) is 6.61. The quantitative estimate of drug-likeness (QED) is 0.682. The minimum Gasteiger partial charge on any atom is -0.506 e. The number of methoxy groups -OCH3 is 2. The number of rotatable bonds is 6. The number of esters is 1. The summed E-state index contributed by atoms with van der Waals surface area (Å²) in [5.41, 5.74) is 1.42. The molecular weight excluding hydrogens is 390 g/mol. The van der Waals surface area contributed by atoms with Crippen LogP contribution in [0.1, 0.15) is 12.5 Å². The number of para-hydroxylation sites is 2. The SMILES string of the molecule is CCOC(=O)C1=C(O)/C(=C/c2cccc(OC)c2OC)SC1=Nc1ccccc1. The lowest BCUT2D eigenvalue weighted by Gasteiger charge is -2.10. The second-order valence-corrected chi connectivity index (χ2v) is 6.92. The molecule has 1 aliphatic heterocycles. The number of benzene rings is 2. The Balaban J connectivity index is 2.09. The molecule has 1 aliphatic rings. The van der Waals surface area contributed by atoms with Gasteiger partial charge in [-0.1, -0.05) is 42.1 Å². The molecule has 7 heteroatoms. The average molecular weight is 411 g/mol. The zero-order chi connectivity index (χ0) is 20.8. The van der Waals surface area contributed by atoms with Crippen LogP contribution in [0, 0.1) is 0 Å². The average Bonchev–Trinajstić information content (AvgIpc) is 3.03. The highest BCUT2D eigenvalue weighted by molar-refractivity contribution is 8.18. The van der Waals surface area contributed by atoms with E-state index in [2.05, 4.69) is 4.99 Å². The van der Waals surface area contributed by atoms with Crippen LogP contribution in [0.25, 0.3) is 6.08 Å². The molecule has 0 unspecified atom stereocenters. The van der Waals surface area contributed by atoms with Gasteiger partial charge in [0.25, 0.3) is 0 Å². The Labute approximate surface area is 173 Å². The summed E-state index contributed by atoms with van der Waals surface area (Å²) in [5, 5.41) is 11.2. The summed E-state index contributed by atoms with van der Waals surface area (Å²) >= 11 is 1.19. The van der Waals surface area contributed by atoms with Crippen LogP contribution in [0.3, 0.4) is 0 Å². The van der Waals surface area contributed by atoms with E-state index in [0.717, 1.165) is 0 Å². The fourth-order valence-electron chi connectivity index (χ4n) is 2.78. The van der Waals surface area contributed by atoms with Crippen molar-refractivity contribution < 1.29 is 24.1 Å². The maximum Gasteiger partial charge on any atom is 0.344 e. The van der Waals surface area contributed by atoms with Crippen molar-refractivity contribution in [1.29, 1.82) is 0 Å². The number of carbonyl (C=O) groups is 1. The minimum atomic E-state index is -0.617. The molecule has 0 spiro atoms. The molecule has 1 heterocycles. The first-order chi connectivity index (χ1) is 14.1. The van der Waals surface area contributed by atoms with Crippen LogP contribution in [0.2, 0.25) is 0 Å². The van der Waals surface area contributed by atoms with E-state index < -0.39 is 5.97 Å². The van der Waals surface area contributed by atoms with Crippen LogP contribution in [-0.2, 0) is 9.53 Å². The largest absolute Gasteiger partial charge is 0.506 e. The standard InChI is InChI=1S/C22H21NO5S/c1-4-28-22(25)18-19(24)17(29-21(18)23-15-10-6-5-7-11-15)13-14-9-8-12-16(26-2)20(14)27-3/h5-13,24H,4H2,1-3H3/b17-13-,23-21?. The van der Waals surface area contributed by atoms with Gasteiger partial charge in [-0.25, -0.2) is 9.79 Å². The van der Waals surface area contributed by atoms with Gasteiger partial charge in [0.2, 0.25) is 0 Å². The van der Waals surface area contributed by atoms with Crippen LogP contribution in [0.4, 0.5) is 5.69 Å². The third-order valence-corrected chi connectivity index (χ3v) is 5.10. The fourth-order valence-corrected chi connectivity index (χ4v) is 3.80. The van der Waals surface area contributed by atoms with Crippen molar-refractivity contribution in [3.8, 4) is 11.5 Å². The van der Waals surface area contributed by atoms with Crippen LogP contribution >= 0.6 is 11.8 Å². The molecule has 0 saturated heterocycles. The first-order valence-corrected chi connectivity index (χ1v) is 9.76. The number of hydrogen-bond donors (Lipinski definition) is 1. The van der Waals surface area contributed by atoms with Crippen molar-refractivity contribution in [3.63, 3.8) is 0 Å². The summed E-state index contributed by atoms with van der Waals surface area (Å²) in [6.45, 7) is 1.91. The fraction of sp³-hybridized carbons (Fsp3) is 0.182. The topological polar surface area (TPSA) is 77.4 Å². The summed E-state index contributed by atoms with van der Waals surface area (Å²) < 4.78 is 15.9. The molecule has 0 fully saturated rings. The molecule has 0 aromatic heterocycles. The highest BCUT2D eigenvalue weighted by atomic mass is 32.2. The predicted octanol–water partition coefficient (Wildman–Crippen LogP) is 4.90.